The Morgan fingerprint density at radius 2 is 1.55 bits per heavy atom. The molecule has 1 aromatic heterocycles. The standard InChI is InChI=1S/C32H31N5O5/c1-22-6-2-3-8-28(22)36-32(42)35-26-13-9-23(10-14-26)20-29(38)34-21-30(39)37(19-17-25-7-4-5-18-33-25)27-15-11-24(12-16-27)31(40)41/h2-16,18H,17,19-21H2,1H3,(H,34,38)(H,40,41)(H2,35,36,42). The SMILES string of the molecule is Cc1ccccc1NC(=O)Nc1ccc(CC(=O)NCC(=O)N(CCc2ccccn2)c2ccc(C(=O)O)cc2)cc1. The minimum atomic E-state index is -1.06. The highest BCUT2D eigenvalue weighted by Gasteiger charge is 2.18. The second kappa shape index (κ2) is 14.2. The second-order valence-corrected chi connectivity index (χ2v) is 9.51. The fourth-order valence-electron chi connectivity index (χ4n) is 4.18. The van der Waals surface area contributed by atoms with E-state index >= 15 is 0 Å². The number of amides is 4. The molecule has 4 amide bonds. The van der Waals surface area contributed by atoms with Gasteiger partial charge in [0.25, 0.3) is 0 Å². The van der Waals surface area contributed by atoms with E-state index < -0.39 is 5.97 Å². The number of hydrogen-bond donors (Lipinski definition) is 4. The van der Waals surface area contributed by atoms with Gasteiger partial charge in [0.15, 0.2) is 0 Å². The zero-order valence-corrected chi connectivity index (χ0v) is 23.0. The quantitative estimate of drug-likeness (QED) is 0.208. The molecule has 0 aliphatic rings. The van der Waals surface area contributed by atoms with E-state index in [4.69, 9.17) is 0 Å². The summed E-state index contributed by atoms with van der Waals surface area (Å²) in [6, 6.07) is 25.5. The van der Waals surface area contributed by atoms with Crippen LogP contribution in [0.5, 0.6) is 0 Å². The maximum Gasteiger partial charge on any atom is 0.335 e. The van der Waals surface area contributed by atoms with E-state index in [1.54, 1.807) is 48.7 Å². The normalized spacial score (nSPS) is 10.4. The molecule has 3 aromatic carbocycles. The summed E-state index contributed by atoms with van der Waals surface area (Å²) in [6.45, 7) is 1.96. The Morgan fingerprint density at radius 3 is 2.21 bits per heavy atom. The van der Waals surface area contributed by atoms with Crippen LogP contribution in [-0.2, 0) is 22.4 Å². The van der Waals surface area contributed by atoms with Crippen molar-refractivity contribution in [2.24, 2.45) is 0 Å². The maximum atomic E-state index is 13.2. The molecule has 0 unspecified atom stereocenters. The lowest BCUT2D eigenvalue weighted by molar-refractivity contribution is -0.124. The van der Waals surface area contributed by atoms with Crippen LogP contribution < -0.4 is 20.9 Å². The lowest BCUT2D eigenvalue weighted by Gasteiger charge is -2.23. The Morgan fingerprint density at radius 1 is 0.833 bits per heavy atom. The maximum absolute atomic E-state index is 13.2. The van der Waals surface area contributed by atoms with Gasteiger partial charge >= 0.3 is 12.0 Å². The minimum absolute atomic E-state index is 0.0458. The summed E-state index contributed by atoms with van der Waals surface area (Å²) in [5.74, 6) is -1.75. The molecule has 1 heterocycles. The van der Waals surface area contributed by atoms with Crippen molar-refractivity contribution in [1.29, 1.82) is 0 Å². The van der Waals surface area contributed by atoms with Gasteiger partial charge in [0.05, 0.1) is 18.5 Å². The van der Waals surface area contributed by atoms with Crippen molar-refractivity contribution in [3.63, 3.8) is 0 Å². The van der Waals surface area contributed by atoms with E-state index in [-0.39, 0.29) is 36.4 Å². The lowest BCUT2D eigenvalue weighted by Crippen LogP contribution is -2.41. The number of aryl methyl sites for hydroxylation is 1. The second-order valence-electron chi connectivity index (χ2n) is 9.51. The third-order valence-corrected chi connectivity index (χ3v) is 6.45. The predicted molar refractivity (Wildman–Crippen MR) is 161 cm³/mol. The smallest absolute Gasteiger partial charge is 0.335 e. The Balaban J connectivity index is 1.31. The first-order valence-corrected chi connectivity index (χ1v) is 13.3. The van der Waals surface area contributed by atoms with E-state index in [1.165, 1.54) is 17.0 Å². The molecule has 0 aliphatic heterocycles. The summed E-state index contributed by atoms with van der Waals surface area (Å²) in [7, 11) is 0. The molecule has 0 fully saturated rings. The van der Waals surface area contributed by atoms with Crippen molar-refractivity contribution >= 4 is 40.9 Å². The van der Waals surface area contributed by atoms with Crippen LogP contribution in [-0.4, -0.2) is 47.0 Å². The van der Waals surface area contributed by atoms with Crippen LogP contribution in [0.4, 0.5) is 21.9 Å². The number of aromatic carboxylic acids is 1. The monoisotopic (exact) mass is 565 g/mol. The number of anilines is 3. The summed E-state index contributed by atoms with van der Waals surface area (Å²) in [5, 5.41) is 17.4. The fourth-order valence-corrected chi connectivity index (χ4v) is 4.18. The van der Waals surface area contributed by atoms with Crippen molar-refractivity contribution < 1.29 is 24.3 Å². The van der Waals surface area contributed by atoms with E-state index in [0.717, 1.165) is 11.3 Å². The molecule has 10 heteroatoms. The predicted octanol–water partition coefficient (Wildman–Crippen LogP) is 4.67. The van der Waals surface area contributed by atoms with Gasteiger partial charge in [-0.2, -0.15) is 0 Å². The van der Waals surface area contributed by atoms with Crippen LogP contribution in [0, 0.1) is 6.92 Å². The van der Waals surface area contributed by atoms with Gasteiger partial charge in [0.2, 0.25) is 11.8 Å². The van der Waals surface area contributed by atoms with Crippen LogP contribution >= 0.6 is 0 Å². The van der Waals surface area contributed by atoms with Crippen molar-refractivity contribution in [3.05, 3.63) is 120 Å². The van der Waals surface area contributed by atoms with Crippen LogP contribution in [0.1, 0.15) is 27.2 Å². The van der Waals surface area contributed by atoms with Gasteiger partial charge in [-0.1, -0.05) is 36.4 Å². The first kappa shape index (κ1) is 29.5. The summed E-state index contributed by atoms with van der Waals surface area (Å²) in [4.78, 5) is 55.2. The first-order valence-electron chi connectivity index (χ1n) is 13.3. The Bertz CT molecular complexity index is 1540. The Labute approximate surface area is 243 Å². The van der Waals surface area contributed by atoms with Gasteiger partial charge in [0.1, 0.15) is 0 Å². The van der Waals surface area contributed by atoms with Crippen LogP contribution in [0.2, 0.25) is 0 Å². The Hall–Kier alpha value is -5.51. The van der Waals surface area contributed by atoms with Crippen LogP contribution in [0.3, 0.4) is 0 Å². The topological polar surface area (TPSA) is 141 Å². The molecule has 0 aliphatic carbocycles. The molecule has 4 N–H and O–H groups in total. The summed E-state index contributed by atoms with van der Waals surface area (Å²) >= 11 is 0. The zero-order valence-electron chi connectivity index (χ0n) is 23.0. The molecule has 214 valence electrons. The lowest BCUT2D eigenvalue weighted by atomic mass is 10.1. The van der Waals surface area contributed by atoms with E-state index in [2.05, 4.69) is 20.9 Å². The highest BCUT2D eigenvalue weighted by molar-refractivity contribution is 6.00. The molecular formula is C32H31N5O5. The molecule has 4 rings (SSSR count). The van der Waals surface area contributed by atoms with E-state index in [9.17, 15) is 24.3 Å². The zero-order chi connectivity index (χ0) is 29.9. The number of nitrogens with zero attached hydrogens (tertiary/aromatic N) is 2. The number of para-hydroxylation sites is 1. The largest absolute Gasteiger partial charge is 0.478 e. The number of urea groups is 1. The Kier molecular flexibility index (Phi) is 9.98. The van der Waals surface area contributed by atoms with E-state index in [0.29, 0.717) is 35.6 Å². The van der Waals surface area contributed by atoms with Crippen molar-refractivity contribution in [1.82, 2.24) is 10.3 Å². The highest BCUT2D eigenvalue weighted by atomic mass is 16.4. The van der Waals surface area contributed by atoms with Crippen LogP contribution in [0.15, 0.2) is 97.2 Å². The molecule has 0 spiro atoms. The number of hydrogen-bond acceptors (Lipinski definition) is 5. The number of carboxylic acids is 1. The number of carboxylic acid groups (broad SMARTS) is 1. The fraction of sp³-hybridized carbons (Fsp3) is 0.156. The van der Waals surface area contributed by atoms with Gasteiger partial charge in [-0.05, 0) is 72.6 Å². The number of nitrogens with one attached hydrogen (secondary N) is 3. The summed E-state index contributed by atoms with van der Waals surface area (Å²) in [6.07, 6.45) is 2.20. The third-order valence-electron chi connectivity index (χ3n) is 6.45. The highest BCUT2D eigenvalue weighted by Crippen LogP contribution is 2.17. The average Bonchev–Trinajstić information content (AvgIpc) is 2.99. The molecule has 0 saturated heterocycles. The van der Waals surface area contributed by atoms with Gasteiger partial charge < -0.3 is 26.0 Å². The third kappa shape index (κ3) is 8.49. The van der Waals surface area contributed by atoms with E-state index in [1.807, 2.05) is 43.3 Å². The average molecular weight is 566 g/mol. The first-order chi connectivity index (χ1) is 20.3. The van der Waals surface area contributed by atoms with Crippen LogP contribution in [0.25, 0.3) is 0 Å². The number of aromatic nitrogens is 1. The molecule has 0 radical (unpaired) electrons. The number of carbonyl (C=O) groups excluding carboxylic acids is 3. The molecular weight excluding hydrogens is 534 g/mol. The molecule has 0 bridgehead atoms. The molecule has 10 nitrogen and oxygen atoms in total. The van der Waals surface area contributed by atoms with Gasteiger partial charge in [-0.3, -0.25) is 14.6 Å². The van der Waals surface area contributed by atoms with Crippen molar-refractivity contribution in [3.8, 4) is 0 Å². The van der Waals surface area contributed by atoms with Gasteiger partial charge in [0, 0.05) is 41.9 Å². The molecule has 4 aromatic rings. The number of benzene rings is 3. The van der Waals surface area contributed by atoms with Crippen molar-refractivity contribution in [2.75, 3.05) is 28.6 Å². The minimum Gasteiger partial charge on any atom is -0.478 e. The molecule has 42 heavy (non-hydrogen) atoms. The molecule has 0 atom stereocenters. The summed E-state index contributed by atoms with van der Waals surface area (Å²) < 4.78 is 0. The number of carbonyl (C=O) groups is 4. The van der Waals surface area contributed by atoms with Crippen molar-refractivity contribution in [2.45, 2.75) is 19.8 Å². The van der Waals surface area contributed by atoms with Gasteiger partial charge in [-0.15, -0.1) is 0 Å². The number of rotatable bonds is 11. The number of pyridine rings is 1. The summed E-state index contributed by atoms with van der Waals surface area (Å²) in [5.41, 5.74) is 4.36. The molecule has 0 saturated carbocycles. The van der Waals surface area contributed by atoms with Gasteiger partial charge in [-0.25, -0.2) is 9.59 Å².